The molecular formula is C21H19F2N3O5. The van der Waals surface area contributed by atoms with Gasteiger partial charge in [0.05, 0.1) is 31.0 Å². The first-order chi connectivity index (χ1) is 15.1. The Hall–Kier alpha value is -2.82. The normalized spacial score (nSPS) is 29.2. The van der Waals surface area contributed by atoms with E-state index in [0.29, 0.717) is 22.5 Å². The molecule has 3 aliphatic heterocycles. The van der Waals surface area contributed by atoms with Gasteiger partial charge in [-0.05, 0) is 12.1 Å². The fourth-order valence-corrected chi connectivity index (χ4v) is 4.53. The van der Waals surface area contributed by atoms with Crippen molar-refractivity contribution in [1.82, 2.24) is 15.0 Å². The van der Waals surface area contributed by atoms with Crippen molar-refractivity contribution in [3.63, 3.8) is 0 Å². The zero-order valence-corrected chi connectivity index (χ0v) is 16.3. The van der Waals surface area contributed by atoms with Gasteiger partial charge in [-0.2, -0.15) is 4.98 Å². The highest BCUT2D eigenvalue weighted by atomic mass is 19.1. The highest BCUT2D eigenvalue weighted by molar-refractivity contribution is 5.71. The zero-order valence-electron chi connectivity index (χ0n) is 16.3. The fourth-order valence-electron chi connectivity index (χ4n) is 4.53. The lowest BCUT2D eigenvalue weighted by atomic mass is 9.95. The van der Waals surface area contributed by atoms with Gasteiger partial charge in [-0.1, -0.05) is 6.07 Å². The van der Waals surface area contributed by atoms with Gasteiger partial charge in [-0.15, -0.1) is 0 Å². The van der Waals surface area contributed by atoms with E-state index < -0.39 is 24.1 Å². The number of nitrogens with zero attached hydrogens (tertiary/aromatic N) is 2. The Morgan fingerprint density at radius 3 is 2.87 bits per heavy atom. The molecule has 2 saturated heterocycles. The molecule has 1 aromatic carbocycles. The predicted octanol–water partition coefficient (Wildman–Crippen LogP) is 1.86. The van der Waals surface area contributed by atoms with E-state index in [-0.39, 0.29) is 55.8 Å². The lowest BCUT2D eigenvalue weighted by Gasteiger charge is -2.15. The molecule has 3 aliphatic rings. The molecule has 31 heavy (non-hydrogen) atoms. The average molecular weight is 431 g/mol. The van der Waals surface area contributed by atoms with Gasteiger partial charge in [0.15, 0.2) is 11.8 Å². The van der Waals surface area contributed by atoms with Crippen molar-refractivity contribution in [2.75, 3.05) is 19.8 Å². The smallest absolute Gasteiger partial charge is 0.296 e. The van der Waals surface area contributed by atoms with E-state index in [1.165, 1.54) is 12.1 Å². The van der Waals surface area contributed by atoms with Crippen LogP contribution in [-0.2, 0) is 15.9 Å². The number of aliphatic hydroxyl groups is 1. The lowest BCUT2D eigenvalue weighted by molar-refractivity contribution is 0.00706. The van der Waals surface area contributed by atoms with Crippen molar-refractivity contribution in [3.05, 3.63) is 47.2 Å². The standard InChI is InChI=1S/C21H19F2N3O5/c22-10-2-1-3-15-17(10)9(6-28-15)4-12-11(23)5-13-20(24-12)26-21(25-13)31-16-8-30-18-14(27)7-29-19(16)18/h1-3,5,9,14,16,18-19,27H,4,6-8H2,(H,24,25,26)/t9-,14+,16+,18+,19+/m0/s1. The van der Waals surface area contributed by atoms with Gasteiger partial charge in [0.1, 0.15) is 35.7 Å². The van der Waals surface area contributed by atoms with Gasteiger partial charge in [-0.3, -0.25) is 0 Å². The Labute approximate surface area is 175 Å². The monoisotopic (exact) mass is 431 g/mol. The summed E-state index contributed by atoms with van der Waals surface area (Å²) in [5, 5.41) is 9.84. The summed E-state index contributed by atoms with van der Waals surface area (Å²) in [6.07, 6.45) is -1.75. The Balaban J connectivity index is 1.24. The summed E-state index contributed by atoms with van der Waals surface area (Å²) in [4.78, 5) is 11.6. The van der Waals surface area contributed by atoms with Crippen LogP contribution in [0.2, 0.25) is 0 Å². The van der Waals surface area contributed by atoms with Crippen LogP contribution in [0, 0.1) is 11.6 Å². The third kappa shape index (κ3) is 3.13. The number of ether oxygens (including phenoxy) is 4. The van der Waals surface area contributed by atoms with E-state index >= 15 is 0 Å². The van der Waals surface area contributed by atoms with E-state index in [2.05, 4.69) is 15.0 Å². The van der Waals surface area contributed by atoms with Crippen LogP contribution in [0.4, 0.5) is 8.78 Å². The number of aromatic nitrogens is 3. The number of pyridine rings is 1. The van der Waals surface area contributed by atoms with Crippen LogP contribution >= 0.6 is 0 Å². The Bertz CT molecular complexity index is 1160. The van der Waals surface area contributed by atoms with Gasteiger partial charge in [-0.25, -0.2) is 13.8 Å². The molecule has 5 heterocycles. The molecule has 6 rings (SSSR count). The molecule has 0 unspecified atom stereocenters. The molecule has 5 atom stereocenters. The molecule has 0 amide bonds. The third-order valence-electron chi connectivity index (χ3n) is 6.02. The van der Waals surface area contributed by atoms with Gasteiger partial charge < -0.3 is 29.0 Å². The summed E-state index contributed by atoms with van der Waals surface area (Å²) in [5.41, 5.74) is 1.31. The van der Waals surface area contributed by atoms with Crippen molar-refractivity contribution in [1.29, 1.82) is 0 Å². The van der Waals surface area contributed by atoms with Crippen molar-refractivity contribution >= 4 is 11.2 Å². The van der Waals surface area contributed by atoms with Gasteiger partial charge in [0, 0.05) is 24.0 Å². The minimum absolute atomic E-state index is 0.166. The molecule has 8 nitrogen and oxygen atoms in total. The van der Waals surface area contributed by atoms with Crippen LogP contribution in [-0.4, -0.2) is 64.3 Å². The van der Waals surface area contributed by atoms with E-state index in [1.807, 2.05) is 0 Å². The lowest BCUT2D eigenvalue weighted by Crippen LogP contribution is -2.34. The molecule has 162 valence electrons. The quantitative estimate of drug-likeness (QED) is 0.651. The van der Waals surface area contributed by atoms with Crippen LogP contribution < -0.4 is 9.47 Å². The maximum atomic E-state index is 14.7. The topological polar surface area (TPSA) is 98.7 Å². The SMILES string of the molecule is O[C@@H]1CO[C@H]2[C@@H]1OC[C@H]2Oc1nc2nc(C[C@H]3COc4cccc(F)c43)c(F)cc2[nH]1. The van der Waals surface area contributed by atoms with Gasteiger partial charge in [0.2, 0.25) is 0 Å². The minimum Gasteiger partial charge on any atom is -0.493 e. The first-order valence-electron chi connectivity index (χ1n) is 10.1. The fraction of sp³-hybridized carbons (Fsp3) is 0.429. The molecule has 0 spiro atoms. The van der Waals surface area contributed by atoms with Gasteiger partial charge in [0.25, 0.3) is 6.01 Å². The second-order valence-corrected chi connectivity index (χ2v) is 8.01. The molecular weight excluding hydrogens is 412 g/mol. The second-order valence-electron chi connectivity index (χ2n) is 8.01. The molecule has 2 N–H and O–H groups in total. The molecule has 0 aliphatic carbocycles. The Morgan fingerprint density at radius 2 is 1.97 bits per heavy atom. The first kappa shape index (κ1) is 18.9. The summed E-state index contributed by atoms with van der Waals surface area (Å²) < 4.78 is 51.4. The molecule has 0 bridgehead atoms. The number of hydrogen-bond acceptors (Lipinski definition) is 7. The van der Waals surface area contributed by atoms with E-state index in [0.717, 1.165) is 0 Å². The second kappa shape index (κ2) is 7.11. The zero-order chi connectivity index (χ0) is 21.1. The van der Waals surface area contributed by atoms with E-state index in [9.17, 15) is 13.9 Å². The maximum Gasteiger partial charge on any atom is 0.296 e. The van der Waals surface area contributed by atoms with Crippen LogP contribution in [0.3, 0.4) is 0 Å². The highest BCUT2D eigenvalue weighted by Gasteiger charge is 2.48. The third-order valence-corrected chi connectivity index (χ3v) is 6.02. The van der Waals surface area contributed by atoms with Crippen LogP contribution in [0.5, 0.6) is 11.8 Å². The number of H-pyrrole nitrogens is 1. The average Bonchev–Trinajstić information content (AvgIpc) is 3.50. The predicted molar refractivity (Wildman–Crippen MR) is 102 cm³/mol. The number of halogens is 2. The number of fused-ring (bicyclic) bond motifs is 3. The van der Waals surface area contributed by atoms with Crippen LogP contribution in [0.1, 0.15) is 17.2 Å². The van der Waals surface area contributed by atoms with Crippen molar-refractivity contribution < 1.29 is 32.8 Å². The van der Waals surface area contributed by atoms with Gasteiger partial charge >= 0.3 is 0 Å². The molecule has 3 aromatic rings. The molecule has 2 fully saturated rings. The molecule has 2 aromatic heterocycles. The number of hydrogen-bond donors (Lipinski definition) is 2. The Kier molecular flexibility index (Phi) is 4.34. The van der Waals surface area contributed by atoms with Crippen molar-refractivity contribution in [3.8, 4) is 11.8 Å². The van der Waals surface area contributed by atoms with Crippen LogP contribution in [0.25, 0.3) is 11.2 Å². The van der Waals surface area contributed by atoms with E-state index in [1.54, 1.807) is 12.1 Å². The summed E-state index contributed by atoms with van der Waals surface area (Å²) in [5.74, 6) is -0.727. The van der Waals surface area contributed by atoms with Crippen LogP contribution in [0.15, 0.2) is 24.3 Å². The first-order valence-corrected chi connectivity index (χ1v) is 10.1. The molecule has 10 heteroatoms. The van der Waals surface area contributed by atoms with Crippen molar-refractivity contribution in [2.45, 2.75) is 36.8 Å². The summed E-state index contributed by atoms with van der Waals surface area (Å²) in [6.45, 7) is 0.712. The van der Waals surface area contributed by atoms with Crippen molar-refractivity contribution in [2.24, 2.45) is 0 Å². The number of benzene rings is 1. The summed E-state index contributed by atoms with van der Waals surface area (Å²) in [7, 11) is 0. The number of aliphatic hydroxyl groups excluding tert-OH is 1. The van der Waals surface area contributed by atoms with E-state index in [4.69, 9.17) is 18.9 Å². The largest absolute Gasteiger partial charge is 0.493 e. The summed E-state index contributed by atoms with van der Waals surface area (Å²) in [6, 6.07) is 6.13. The number of rotatable bonds is 4. The maximum absolute atomic E-state index is 14.7. The molecule has 0 saturated carbocycles. The highest BCUT2D eigenvalue weighted by Crippen LogP contribution is 2.38. The number of nitrogens with one attached hydrogen (secondary N) is 1. The Morgan fingerprint density at radius 1 is 1.10 bits per heavy atom. The number of aromatic amines is 1. The molecule has 0 radical (unpaired) electrons. The number of imidazole rings is 1. The summed E-state index contributed by atoms with van der Waals surface area (Å²) >= 11 is 0. The minimum atomic E-state index is -0.679.